The molecule has 2 saturated carbocycles. The zero-order valence-corrected chi connectivity index (χ0v) is 53.8. The van der Waals surface area contributed by atoms with E-state index < -0.39 is 0 Å². The van der Waals surface area contributed by atoms with Crippen LogP contribution in [-0.4, -0.2) is 11.3 Å². The van der Waals surface area contributed by atoms with Crippen LogP contribution in [0, 0.1) is 18.4 Å². The zero-order valence-electron chi connectivity index (χ0n) is 53.8. The Kier molecular flexibility index (Phi) is 13.3. The average molecular weight is 1200 g/mol. The maximum absolute atomic E-state index is 8.24. The Morgan fingerprint density at radius 2 is 0.892 bits per heavy atom. The Labute approximate surface area is 548 Å². The molecule has 3 heterocycles. The summed E-state index contributed by atoms with van der Waals surface area (Å²) in [5, 5.41) is 2.24. The maximum Gasteiger partial charge on any atom is 0.252 e. The molecule has 1 aromatic heterocycles. The van der Waals surface area contributed by atoms with E-state index in [4.69, 9.17) is 6.57 Å². The first kappa shape index (κ1) is 56.6. The molecule has 2 aliphatic carbocycles. The third-order valence-electron chi connectivity index (χ3n) is 21.2. The summed E-state index contributed by atoms with van der Waals surface area (Å²) >= 11 is 0. The van der Waals surface area contributed by atoms with E-state index in [2.05, 4.69) is 322 Å². The molecule has 2 aliphatic heterocycles. The zero-order chi connectivity index (χ0) is 62.9. The molecule has 4 aliphatic rings. The van der Waals surface area contributed by atoms with Crippen LogP contribution in [0.3, 0.4) is 0 Å². The summed E-state index contributed by atoms with van der Waals surface area (Å²) in [6.45, 7) is 22.0. The highest BCUT2D eigenvalue weighted by molar-refractivity contribution is 7.00. The topological polar surface area (TPSA) is 15.8 Å². The van der Waals surface area contributed by atoms with Crippen molar-refractivity contribution in [2.75, 3.05) is 9.80 Å². The summed E-state index contributed by atoms with van der Waals surface area (Å²) in [6, 6.07) is 101. The van der Waals surface area contributed by atoms with Crippen LogP contribution < -0.4 is 26.2 Å². The van der Waals surface area contributed by atoms with Crippen LogP contribution in [0.1, 0.15) is 89.8 Å². The number of nitrogens with zero attached hydrogens (tertiary/aromatic N) is 4. The van der Waals surface area contributed by atoms with Crippen molar-refractivity contribution in [3.63, 3.8) is 0 Å². The Morgan fingerprint density at radius 3 is 1.41 bits per heavy atom. The van der Waals surface area contributed by atoms with Gasteiger partial charge in [-0.3, -0.25) is 0 Å². The van der Waals surface area contributed by atoms with E-state index in [9.17, 15) is 0 Å². The monoisotopic (exact) mass is 1200 g/mol. The van der Waals surface area contributed by atoms with Gasteiger partial charge in [0.25, 0.3) is 6.71 Å². The number of fused-ring (bicyclic) bond motifs is 9. The van der Waals surface area contributed by atoms with Crippen molar-refractivity contribution in [1.82, 2.24) is 4.57 Å². The van der Waals surface area contributed by atoms with Crippen LogP contribution in [0.5, 0.6) is 0 Å². The third kappa shape index (κ3) is 9.39. The summed E-state index contributed by atoms with van der Waals surface area (Å²) in [7, 11) is 0. The predicted octanol–water partition coefficient (Wildman–Crippen LogP) is 22.3. The van der Waals surface area contributed by atoms with Gasteiger partial charge in [-0.1, -0.05) is 248 Å². The van der Waals surface area contributed by atoms with Crippen LogP contribution in [0.2, 0.25) is 0 Å². The van der Waals surface area contributed by atoms with Gasteiger partial charge < -0.3 is 14.4 Å². The van der Waals surface area contributed by atoms with E-state index in [-0.39, 0.29) is 17.5 Å². The van der Waals surface area contributed by atoms with Gasteiger partial charge in [0.2, 0.25) is 0 Å². The van der Waals surface area contributed by atoms with Crippen LogP contribution >= 0.6 is 0 Å². The molecule has 0 N–H and O–H groups in total. The smallest absolute Gasteiger partial charge is 0.252 e. The number of hydrogen-bond donors (Lipinski definition) is 0. The quantitative estimate of drug-likeness (QED) is 0.106. The molecular formula is C88H73BN4. The van der Waals surface area contributed by atoms with Crippen molar-refractivity contribution in [3.8, 4) is 61.3 Å². The lowest BCUT2D eigenvalue weighted by atomic mass is 9.33. The highest BCUT2D eigenvalue weighted by atomic mass is 15.2. The second-order valence-corrected chi connectivity index (χ2v) is 28.7. The Hall–Kier alpha value is -10.4. The molecule has 12 aromatic carbocycles. The summed E-state index contributed by atoms with van der Waals surface area (Å²) in [5.74, 6) is 1.74. The number of benzene rings is 12. The molecule has 2 fully saturated rings. The summed E-state index contributed by atoms with van der Waals surface area (Å²) in [4.78, 5) is 9.50. The fourth-order valence-corrected chi connectivity index (χ4v) is 16.6. The minimum Gasteiger partial charge on any atom is -0.310 e. The minimum absolute atomic E-state index is 0.0780. The fourth-order valence-electron chi connectivity index (χ4n) is 16.6. The van der Waals surface area contributed by atoms with E-state index in [1.807, 2.05) is 6.07 Å². The standard InChI is InChI=1S/C88H73BN4/c1-87(2,3)65-39-44-78-74(51-65)75-54-67(90-7)40-45-79(75)91(78)68-41-43-77-81(55-68)93(86-72(60-30-19-11-20-31-60)52-66(88(4,5)6)53-73(86)61-32-21-12-22-33-61)83-50-64(71-47-56-36-37-63(71)46-56)49-82-84(83)89(77)76-42-38-62(57-24-13-8-14-25-57)48-80(76)92(82)85-69(58-26-15-9-16-27-58)34-23-35-70(85)59-28-17-10-18-29-59/h8-35,38-45,48-56,63,71H,36-37,46-47H2,1-6H3/t56-,63+,71?/m0/s1. The molecule has 448 valence electrons. The van der Waals surface area contributed by atoms with E-state index in [1.54, 1.807) is 0 Å². The van der Waals surface area contributed by atoms with Gasteiger partial charge in [0.1, 0.15) is 0 Å². The molecule has 0 amide bonds. The Morgan fingerprint density at radius 1 is 0.398 bits per heavy atom. The SMILES string of the molecule is [C-]#[N+]c1ccc2c(c1)c1cc(C(C)(C)C)ccc1n2-c1ccc2c(c1)N(c1c(-c3ccccc3)cc(C(C)(C)C)cc1-c1ccccc1)c1cc(C3C[C@H]4CC[C@@H]3C4)cc3c1B2c1ccc(-c2ccccc2)cc1N3c1c(-c2ccccc2)cccc1-c1ccccc1. The molecule has 0 saturated heterocycles. The third-order valence-corrected chi connectivity index (χ3v) is 21.2. The first-order chi connectivity index (χ1) is 45.3. The molecule has 0 spiro atoms. The van der Waals surface area contributed by atoms with Gasteiger partial charge in [-0.15, -0.1) is 0 Å². The molecule has 4 nitrogen and oxygen atoms in total. The van der Waals surface area contributed by atoms with Gasteiger partial charge in [0, 0.05) is 56.1 Å². The van der Waals surface area contributed by atoms with Gasteiger partial charge in [-0.05, 0) is 186 Å². The van der Waals surface area contributed by atoms with Crippen LogP contribution in [0.15, 0.2) is 267 Å². The lowest BCUT2D eigenvalue weighted by Gasteiger charge is -2.46. The van der Waals surface area contributed by atoms with Crippen molar-refractivity contribution in [1.29, 1.82) is 0 Å². The van der Waals surface area contributed by atoms with Crippen LogP contribution in [0.25, 0.3) is 88.0 Å². The molecule has 17 rings (SSSR count). The van der Waals surface area contributed by atoms with E-state index in [1.165, 1.54) is 137 Å². The van der Waals surface area contributed by atoms with Crippen LogP contribution in [0.4, 0.5) is 39.8 Å². The second kappa shape index (κ2) is 21.9. The van der Waals surface area contributed by atoms with E-state index in [0.29, 0.717) is 17.5 Å². The van der Waals surface area contributed by atoms with E-state index >= 15 is 0 Å². The number of hydrogen-bond acceptors (Lipinski definition) is 2. The number of anilines is 6. The van der Waals surface area contributed by atoms with Gasteiger partial charge in [0.05, 0.1) is 29.0 Å². The molecule has 13 aromatic rings. The molecule has 93 heavy (non-hydrogen) atoms. The van der Waals surface area contributed by atoms with Crippen molar-refractivity contribution in [2.45, 2.75) is 84.0 Å². The normalized spacial score (nSPS) is 16.4. The van der Waals surface area contributed by atoms with Crippen molar-refractivity contribution < 1.29 is 0 Å². The highest BCUT2D eigenvalue weighted by Gasteiger charge is 2.48. The Balaban J connectivity index is 1.05. The van der Waals surface area contributed by atoms with Crippen molar-refractivity contribution in [3.05, 3.63) is 295 Å². The fraction of sp³-hybridized carbons (Fsp3) is 0.170. The van der Waals surface area contributed by atoms with E-state index in [0.717, 1.165) is 44.8 Å². The summed E-state index contributed by atoms with van der Waals surface area (Å²) in [6.07, 6.45) is 5.06. The van der Waals surface area contributed by atoms with Gasteiger partial charge in [0.15, 0.2) is 5.69 Å². The summed E-state index contributed by atoms with van der Waals surface area (Å²) < 4.78 is 2.48. The molecule has 2 bridgehead atoms. The maximum atomic E-state index is 8.24. The first-order valence-corrected chi connectivity index (χ1v) is 33.5. The largest absolute Gasteiger partial charge is 0.310 e. The Bertz CT molecular complexity index is 5030. The predicted molar refractivity (Wildman–Crippen MR) is 394 cm³/mol. The first-order valence-electron chi connectivity index (χ1n) is 33.5. The minimum atomic E-state index is -0.174. The lowest BCUT2D eigenvalue weighted by Crippen LogP contribution is -2.61. The summed E-state index contributed by atoms with van der Waals surface area (Å²) in [5.41, 5.74) is 30.4. The van der Waals surface area contributed by atoms with Gasteiger partial charge >= 0.3 is 0 Å². The average Bonchev–Trinajstić information content (AvgIpc) is 0.976. The second-order valence-electron chi connectivity index (χ2n) is 28.7. The van der Waals surface area contributed by atoms with Crippen molar-refractivity contribution >= 4 is 84.7 Å². The van der Waals surface area contributed by atoms with Crippen molar-refractivity contribution in [2.24, 2.45) is 11.8 Å². The molecule has 1 unspecified atom stereocenters. The number of para-hydroxylation sites is 1. The van der Waals surface area contributed by atoms with Gasteiger partial charge in [-0.2, -0.15) is 0 Å². The number of aromatic nitrogens is 1. The van der Waals surface area contributed by atoms with Crippen LogP contribution in [-0.2, 0) is 10.8 Å². The lowest BCUT2D eigenvalue weighted by molar-refractivity contribution is 0.420. The highest BCUT2D eigenvalue weighted by Crippen LogP contribution is 2.58. The molecule has 3 atom stereocenters. The van der Waals surface area contributed by atoms with Gasteiger partial charge in [-0.25, -0.2) is 4.85 Å². The molecule has 5 heteroatoms. The molecular weight excluding hydrogens is 1120 g/mol. The number of rotatable bonds is 9. The molecule has 0 radical (unpaired) electrons.